The number of benzene rings is 9. The van der Waals surface area contributed by atoms with Crippen LogP contribution in [0, 0.1) is 13.8 Å². The summed E-state index contributed by atoms with van der Waals surface area (Å²) in [6, 6.07) is 68.9. The highest BCUT2D eigenvalue weighted by Crippen LogP contribution is 2.49. The highest BCUT2D eigenvalue weighted by molar-refractivity contribution is 6.32. The van der Waals surface area contributed by atoms with Gasteiger partial charge in [-0.25, -0.2) is 0 Å². The van der Waals surface area contributed by atoms with E-state index >= 15 is 0 Å². The van der Waals surface area contributed by atoms with Gasteiger partial charge in [-0.1, -0.05) is 103 Å². The maximum atomic E-state index is 2.53. The van der Waals surface area contributed by atoms with Crippen molar-refractivity contribution in [1.82, 2.24) is 4.40 Å². The number of nitrogens with zero attached hydrogens (tertiary/aromatic N) is 3. The van der Waals surface area contributed by atoms with E-state index in [9.17, 15) is 0 Å². The molecular formula is C52H37N3. The summed E-state index contributed by atoms with van der Waals surface area (Å²) in [6.45, 7) is 4.33. The molecule has 0 bridgehead atoms. The molecule has 2 aromatic heterocycles. The molecule has 55 heavy (non-hydrogen) atoms. The van der Waals surface area contributed by atoms with E-state index in [-0.39, 0.29) is 0 Å². The van der Waals surface area contributed by atoms with E-state index in [0.717, 1.165) is 28.4 Å². The van der Waals surface area contributed by atoms with Crippen molar-refractivity contribution in [3.63, 3.8) is 0 Å². The first-order chi connectivity index (χ1) is 27.1. The average molecular weight is 704 g/mol. The minimum atomic E-state index is 1.13. The lowest BCUT2D eigenvalue weighted by atomic mass is 9.99. The number of anilines is 6. The van der Waals surface area contributed by atoms with Crippen molar-refractivity contribution < 1.29 is 0 Å². The Hall–Kier alpha value is -7.10. The Labute approximate surface area is 319 Å². The standard InChI is InChI=1S/C52H37N3/c1-34-13-11-20-41(29-34)53(39-16-5-3-6-17-39)43-25-23-37-32-46-45-26-28-48(54(40-18-7-4-8-19-40)42-21-12-14-35(2)30-42)51-50-44-22-10-9-15-36(44)24-27-47(50)55(52(45)51)49(46)33-38(37)31-43/h3-33H,1-2H3. The maximum absolute atomic E-state index is 2.53. The lowest BCUT2D eigenvalue weighted by Gasteiger charge is -2.27. The Bertz CT molecular complexity index is 3230. The molecule has 11 aromatic rings. The Balaban J connectivity index is 1.23. The van der Waals surface area contributed by atoms with Gasteiger partial charge in [0.25, 0.3) is 0 Å². The summed E-state index contributed by atoms with van der Waals surface area (Å²) in [7, 11) is 0. The molecule has 0 aliphatic carbocycles. The Morgan fingerprint density at radius 2 is 0.964 bits per heavy atom. The normalized spacial score (nSPS) is 11.8. The van der Waals surface area contributed by atoms with Gasteiger partial charge in [0.2, 0.25) is 0 Å². The molecule has 11 rings (SSSR count). The number of rotatable bonds is 6. The van der Waals surface area contributed by atoms with Gasteiger partial charge in [-0.2, -0.15) is 0 Å². The van der Waals surface area contributed by atoms with E-state index in [1.807, 2.05) is 0 Å². The fourth-order valence-corrected chi connectivity index (χ4v) is 8.92. The largest absolute Gasteiger partial charge is 0.310 e. The molecule has 0 amide bonds. The van der Waals surface area contributed by atoms with Crippen molar-refractivity contribution in [2.75, 3.05) is 9.80 Å². The molecule has 0 N–H and O–H groups in total. The van der Waals surface area contributed by atoms with Crippen LogP contribution in [0.2, 0.25) is 0 Å². The molecule has 260 valence electrons. The van der Waals surface area contributed by atoms with Gasteiger partial charge in [0.05, 0.1) is 22.2 Å². The second-order valence-corrected chi connectivity index (χ2v) is 14.8. The Kier molecular flexibility index (Phi) is 6.99. The summed E-state index contributed by atoms with van der Waals surface area (Å²) >= 11 is 0. The molecule has 0 aliphatic rings. The third-order valence-corrected chi connectivity index (χ3v) is 11.3. The second-order valence-electron chi connectivity index (χ2n) is 14.8. The SMILES string of the molecule is Cc1cccc(N(c2ccccc2)c2ccc3cc4c5ccc(N(c6ccccc6)c6cccc(C)c6)c6c7c8ccccc8ccc7n(c4cc3c2)c56)c1. The maximum Gasteiger partial charge on any atom is 0.0641 e. The van der Waals surface area contributed by atoms with Crippen LogP contribution >= 0.6 is 0 Å². The molecule has 0 aliphatic heterocycles. The van der Waals surface area contributed by atoms with Crippen molar-refractivity contribution >= 4 is 93.8 Å². The number of hydrogen-bond donors (Lipinski definition) is 0. The first kappa shape index (κ1) is 31.4. The van der Waals surface area contributed by atoms with E-state index in [0.29, 0.717) is 0 Å². The van der Waals surface area contributed by atoms with Crippen molar-refractivity contribution in [3.8, 4) is 0 Å². The van der Waals surface area contributed by atoms with Gasteiger partial charge < -0.3 is 14.2 Å². The minimum Gasteiger partial charge on any atom is -0.310 e. The summed E-state index contributed by atoms with van der Waals surface area (Å²) in [5.74, 6) is 0. The van der Waals surface area contributed by atoms with E-state index < -0.39 is 0 Å². The summed E-state index contributed by atoms with van der Waals surface area (Å²) < 4.78 is 2.53. The van der Waals surface area contributed by atoms with Gasteiger partial charge in [0.15, 0.2) is 0 Å². The number of fused-ring (bicyclic) bond motifs is 9. The van der Waals surface area contributed by atoms with Crippen LogP contribution in [0.3, 0.4) is 0 Å². The van der Waals surface area contributed by atoms with Crippen molar-refractivity contribution in [2.45, 2.75) is 13.8 Å². The first-order valence-electron chi connectivity index (χ1n) is 19.0. The van der Waals surface area contributed by atoms with Crippen LogP contribution in [0.4, 0.5) is 34.1 Å². The fourth-order valence-electron chi connectivity index (χ4n) is 8.92. The monoisotopic (exact) mass is 703 g/mol. The molecular weight excluding hydrogens is 667 g/mol. The van der Waals surface area contributed by atoms with Gasteiger partial charge in [-0.15, -0.1) is 0 Å². The summed E-state index contributed by atoms with van der Waals surface area (Å²) in [6.07, 6.45) is 0. The zero-order valence-corrected chi connectivity index (χ0v) is 30.7. The highest BCUT2D eigenvalue weighted by atomic mass is 15.2. The van der Waals surface area contributed by atoms with Crippen LogP contribution in [0.1, 0.15) is 11.1 Å². The van der Waals surface area contributed by atoms with Gasteiger partial charge in [0.1, 0.15) is 0 Å². The van der Waals surface area contributed by atoms with Crippen LogP contribution < -0.4 is 9.80 Å². The van der Waals surface area contributed by atoms with Crippen LogP contribution in [-0.2, 0) is 0 Å². The Morgan fingerprint density at radius 1 is 0.345 bits per heavy atom. The predicted molar refractivity (Wildman–Crippen MR) is 235 cm³/mol. The summed E-state index contributed by atoms with van der Waals surface area (Å²) in [5.41, 5.74) is 13.0. The smallest absolute Gasteiger partial charge is 0.0641 e. The molecule has 3 heteroatoms. The molecule has 0 spiro atoms. The molecule has 0 unspecified atom stereocenters. The number of para-hydroxylation sites is 2. The van der Waals surface area contributed by atoms with Crippen molar-refractivity contribution in [3.05, 3.63) is 199 Å². The minimum absolute atomic E-state index is 1.13. The van der Waals surface area contributed by atoms with Crippen molar-refractivity contribution in [1.29, 1.82) is 0 Å². The van der Waals surface area contributed by atoms with Crippen molar-refractivity contribution in [2.24, 2.45) is 0 Å². The lowest BCUT2D eigenvalue weighted by molar-refractivity contribution is 1.28. The average Bonchev–Trinajstić information content (AvgIpc) is 3.74. The molecule has 0 saturated heterocycles. The molecule has 0 saturated carbocycles. The highest BCUT2D eigenvalue weighted by Gasteiger charge is 2.25. The first-order valence-corrected chi connectivity index (χ1v) is 19.0. The van der Waals surface area contributed by atoms with E-state index in [1.165, 1.54) is 76.5 Å². The number of aryl methyl sites for hydroxylation is 2. The molecule has 0 radical (unpaired) electrons. The van der Waals surface area contributed by atoms with Gasteiger partial charge in [0, 0.05) is 50.0 Å². The van der Waals surface area contributed by atoms with Gasteiger partial charge in [-0.05, 0) is 131 Å². The molecule has 3 nitrogen and oxygen atoms in total. The second kappa shape index (κ2) is 12.2. The van der Waals surface area contributed by atoms with E-state index in [4.69, 9.17) is 0 Å². The fraction of sp³-hybridized carbons (Fsp3) is 0.0385. The predicted octanol–water partition coefficient (Wildman–Crippen LogP) is 14.7. The van der Waals surface area contributed by atoms with E-state index in [2.05, 4.69) is 216 Å². The number of aromatic nitrogens is 1. The molecule has 0 fully saturated rings. The van der Waals surface area contributed by atoms with E-state index in [1.54, 1.807) is 0 Å². The van der Waals surface area contributed by atoms with Gasteiger partial charge >= 0.3 is 0 Å². The zero-order valence-electron chi connectivity index (χ0n) is 30.7. The molecule has 9 aromatic carbocycles. The number of hydrogen-bond acceptors (Lipinski definition) is 2. The third kappa shape index (κ3) is 4.90. The topological polar surface area (TPSA) is 10.9 Å². The quantitative estimate of drug-likeness (QED) is 0.171. The van der Waals surface area contributed by atoms with Crippen LogP contribution in [-0.4, -0.2) is 4.40 Å². The summed E-state index contributed by atoms with van der Waals surface area (Å²) in [5, 5.41) is 10.0. The summed E-state index contributed by atoms with van der Waals surface area (Å²) in [4.78, 5) is 4.80. The van der Waals surface area contributed by atoms with Crippen LogP contribution in [0.15, 0.2) is 188 Å². The zero-order chi connectivity index (χ0) is 36.6. The van der Waals surface area contributed by atoms with Gasteiger partial charge in [-0.3, -0.25) is 0 Å². The molecule has 2 heterocycles. The molecule has 0 atom stereocenters. The van der Waals surface area contributed by atoms with Crippen LogP contribution in [0.25, 0.3) is 59.6 Å². The van der Waals surface area contributed by atoms with Crippen LogP contribution in [0.5, 0.6) is 0 Å². The Morgan fingerprint density at radius 3 is 1.69 bits per heavy atom. The third-order valence-electron chi connectivity index (χ3n) is 11.3. The lowest BCUT2D eigenvalue weighted by Crippen LogP contribution is -2.10.